The molecule has 31 heavy (non-hydrogen) atoms. The van der Waals surface area contributed by atoms with Gasteiger partial charge in [0, 0.05) is 23.1 Å². The lowest BCUT2D eigenvalue weighted by atomic mass is 9.91. The molecule has 2 aromatic rings. The quantitative estimate of drug-likeness (QED) is 0.670. The standard InChI is InChI=1S/C22H24F3N3O3/c23-22(24,25)12-5-6-13(18(30)9-12)19-15-11-31-21(7-8-21)10-14(15)20(28-27-19)26-16-3-1-2-4-17(16)29/h5-6,9,16-17,29-30H,1-4,7-8,10-11H2,(H,26,28)/t16-,17-/m1/s1. The van der Waals surface area contributed by atoms with Gasteiger partial charge in [-0.05, 0) is 43.9 Å². The van der Waals surface area contributed by atoms with Crippen LogP contribution in [0.25, 0.3) is 11.3 Å². The molecule has 0 radical (unpaired) electrons. The molecular weight excluding hydrogens is 411 g/mol. The maximum atomic E-state index is 13.0. The summed E-state index contributed by atoms with van der Waals surface area (Å²) in [5.74, 6) is 0.0899. The molecule has 0 amide bonds. The highest BCUT2D eigenvalue weighted by Crippen LogP contribution is 2.49. The maximum absolute atomic E-state index is 13.0. The number of hydrogen-bond donors (Lipinski definition) is 3. The third-order valence-electron chi connectivity index (χ3n) is 6.65. The first-order valence-corrected chi connectivity index (χ1v) is 10.6. The van der Waals surface area contributed by atoms with Gasteiger partial charge in [0.05, 0.1) is 29.9 Å². The van der Waals surface area contributed by atoms with Crippen molar-refractivity contribution in [3.05, 3.63) is 34.9 Å². The molecule has 3 aliphatic rings. The Balaban J connectivity index is 1.54. The average molecular weight is 435 g/mol. The number of alkyl halides is 3. The van der Waals surface area contributed by atoms with E-state index in [0.29, 0.717) is 24.0 Å². The first kappa shape index (κ1) is 20.5. The van der Waals surface area contributed by atoms with E-state index in [1.54, 1.807) is 0 Å². The summed E-state index contributed by atoms with van der Waals surface area (Å²) < 4.78 is 45.0. The van der Waals surface area contributed by atoms with E-state index in [1.807, 2.05) is 0 Å². The number of phenols is 1. The van der Waals surface area contributed by atoms with Crippen LogP contribution in [0.1, 0.15) is 55.2 Å². The number of fused-ring (bicyclic) bond motifs is 1. The molecule has 2 atom stereocenters. The van der Waals surface area contributed by atoms with Crippen LogP contribution in [0.3, 0.4) is 0 Å². The van der Waals surface area contributed by atoms with Crippen LogP contribution >= 0.6 is 0 Å². The average Bonchev–Trinajstić information content (AvgIpc) is 3.48. The number of phenolic OH excluding ortho intramolecular Hbond substituents is 1. The van der Waals surface area contributed by atoms with Crippen molar-refractivity contribution in [3.63, 3.8) is 0 Å². The van der Waals surface area contributed by atoms with Crippen molar-refractivity contribution in [3.8, 4) is 17.0 Å². The highest BCUT2D eigenvalue weighted by Gasteiger charge is 2.48. The molecule has 3 N–H and O–H groups in total. The molecule has 5 rings (SSSR count). The number of benzene rings is 1. The Morgan fingerprint density at radius 3 is 2.55 bits per heavy atom. The SMILES string of the molecule is Oc1cc(C(F)(F)F)ccc1-c1nnc(N[C@@H]2CCCC[C@H]2O)c2c1COC1(CC1)C2. The zero-order valence-electron chi connectivity index (χ0n) is 16.9. The number of aromatic hydroxyl groups is 1. The summed E-state index contributed by atoms with van der Waals surface area (Å²) in [6.07, 6.45) is 1.09. The fourth-order valence-corrected chi connectivity index (χ4v) is 4.61. The summed E-state index contributed by atoms with van der Waals surface area (Å²) in [6.45, 7) is 0.253. The van der Waals surface area contributed by atoms with Gasteiger partial charge in [-0.25, -0.2) is 0 Å². The van der Waals surface area contributed by atoms with Crippen LogP contribution in [0.15, 0.2) is 18.2 Å². The Hall–Kier alpha value is -2.39. The van der Waals surface area contributed by atoms with Crippen molar-refractivity contribution < 1.29 is 28.1 Å². The smallest absolute Gasteiger partial charge is 0.416 e. The Morgan fingerprint density at radius 1 is 1.10 bits per heavy atom. The molecule has 2 fully saturated rings. The van der Waals surface area contributed by atoms with E-state index in [1.165, 1.54) is 6.07 Å². The molecule has 0 unspecified atom stereocenters. The number of rotatable bonds is 3. The molecule has 0 bridgehead atoms. The molecule has 2 saturated carbocycles. The normalized spacial score (nSPS) is 24.6. The third-order valence-corrected chi connectivity index (χ3v) is 6.65. The minimum atomic E-state index is -4.54. The monoisotopic (exact) mass is 435 g/mol. The molecule has 9 heteroatoms. The van der Waals surface area contributed by atoms with Gasteiger partial charge in [-0.3, -0.25) is 0 Å². The van der Waals surface area contributed by atoms with E-state index in [-0.39, 0.29) is 23.8 Å². The van der Waals surface area contributed by atoms with Crippen LogP contribution in [0, 0.1) is 0 Å². The van der Waals surface area contributed by atoms with Gasteiger partial charge in [0.25, 0.3) is 0 Å². The van der Waals surface area contributed by atoms with Gasteiger partial charge in [0.15, 0.2) is 5.82 Å². The van der Waals surface area contributed by atoms with E-state index in [0.717, 1.165) is 55.7 Å². The van der Waals surface area contributed by atoms with Crippen molar-refractivity contribution >= 4 is 5.82 Å². The van der Waals surface area contributed by atoms with Gasteiger partial charge in [-0.15, -0.1) is 10.2 Å². The Labute approximate surface area is 177 Å². The third kappa shape index (κ3) is 3.85. The fraction of sp³-hybridized carbons (Fsp3) is 0.545. The molecule has 1 spiro atoms. The second-order valence-electron chi connectivity index (χ2n) is 8.84. The molecule has 0 saturated heterocycles. The molecule has 6 nitrogen and oxygen atoms in total. The van der Waals surface area contributed by atoms with Crippen molar-refractivity contribution in [2.45, 2.75) is 75.5 Å². The number of hydrogen-bond acceptors (Lipinski definition) is 6. The maximum Gasteiger partial charge on any atom is 0.416 e. The summed E-state index contributed by atoms with van der Waals surface area (Å²) in [4.78, 5) is 0. The first-order valence-electron chi connectivity index (χ1n) is 10.6. The zero-order chi connectivity index (χ0) is 21.8. The predicted octanol–water partition coefficient (Wildman–Crippen LogP) is 4.19. The summed E-state index contributed by atoms with van der Waals surface area (Å²) >= 11 is 0. The summed E-state index contributed by atoms with van der Waals surface area (Å²) in [5.41, 5.74) is 1.01. The summed E-state index contributed by atoms with van der Waals surface area (Å²) in [6, 6.07) is 2.75. The van der Waals surface area contributed by atoms with Gasteiger partial charge in [0.2, 0.25) is 0 Å². The number of aliphatic hydroxyl groups excluding tert-OH is 1. The molecule has 2 aliphatic carbocycles. The molecule has 1 aromatic heterocycles. The minimum Gasteiger partial charge on any atom is -0.507 e. The number of aliphatic hydroxyl groups is 1. The molecule has 1 aliphatic heterocycles. The second-order valence-corrected chi connectivity index (χ2v) is 8.84. The van der Waals surface area contributed by atoms with Crippen LogP contribution in [-0.4, -0.2) is 38.2 Å². The van der Waals surface area contributed by atoms with Crippen LogP contribution in [-0.2, 0) is 23.9 Å². The predicted molar refractivity (Wildman–Crippen MR) is 106 cm³/mol. The topological polar surface area (TPSA) is 87.5 Å². The lowest BCUT2D eigenvalue weighted by molar-refractivity contribution is -0.137. The van der Waals surface area contributed by atoms with Gasteiger partial charge in [-0.2, -0.15) is 13.2 Å². The lowest BCUT2D eigenvalue weighted by Gasteiger charge is -2.32. The zero-order valence-corrected chi connectivity index (χ0v) is 16.9. The van der Waals surface area contributed by atoms with Gasteiger partial charge in [0.1, 0.15) is 11.4 Å². The second kappa shape index (κ2) is 7.34. The Morgan fingerprint density at radius 2 is 1.87 bits per heavy atom. The summed E-state index contributed by atoms with van der Waals surface area (Å²) in [7, 11) is 0. The van der Waals surface area contributed by atoms with Crippen molar-refractivity contribution in [1.29, 1.82) is 0 Å². The number of ether oxygens (including phenoxy) is 1. The highest BCUT2D eigenvalue weighted by atomic mass is 19.4. The largest absolute Gasteiger partial charge is 0.507 e. The Bertz CT molecular complexity index is 1010. The van der Waals surface area contributed by atoms with E-state index < -0.39 is 23.6 Å². The van der Waals surface area contributed by atoms with E-state index in [2.05, 4.69) is 15.5 Å². The number of aromatic nitrogens is 2. The molecule has 2 heterocycles. The van der Waals surface area contributed by atoms with E-state index in [9.17, 15) is 23.4 Å². The minimum absolute atomic E-state index is 0.115. The van der Waals surface area contributed by atoms with Crippen molar-refractivity contribution in [2.24, 2.45) is 0 Å². The van der Waals surface area contributed by atoms with Crippen LogP contribution in [0.2, 0.25) is 0 Å². The fourth-order valence-electron chi connectivity index (χ4n) is 4.61. The summed E-state index contributed by atoms with van der Waals surface area (Å²) in [5, 5.41) is 32.6. The van der Waals surface area contributed by atoms with Crippen LogP contribution < -0.4 is 5.32 Å². The van der Waals surface area contributed by atoms with Crippen molar-refractivity contribution in [1.82, 2.24) is 10.2 Å². The van der Waals surface area contributed by atoms with Crippen molar-refractivity contribution in [2.75, 3.05) is 5.32 Å². The number of nitrogens with one attached hydrogen (secondary N) is 1. The van der Waals surface area contributed by atoms with E-state index in [4.69, 9.17) is 4.74 Å². The molecule has 1 aromatic carbocycles. The van der Waals surface area contributed by atoms with Gasteiger partial charge >= 0.3 is 6.18 Å². The van der Waals surface area contributed by atoms with Gasteiger partial charge in [-0.1, -0.05) is 12.8 Å². The number of anilines is 1. The Kier molecular flexibility index (Phi) is 4.86. The number of nitrogens with zero attached hydrogens (tertiary/aromatic N) is 2. The van der Waals surface area contributed by atoms with Crippen LogP contribution in [0.4, 0.5) is 19.0 Å². The molecular formula is C22H24F3N3O3. The molecule has 166 valence electrons. The van der Waals surface area contributed by atoms with Crippen LogP contribution in [0.5, 0.6) is 5.75 Å². The van der Waals surface area contributed by atoms with Gasteiger partial charge < -0.3 is 20.3 Å². The van der Waals surface area contributed by atoms with E-state index >= 15 is 0 Å². The first-order chi connectivity index (χ1) is 14.8. The lowest BCUT2D eigenvalue weighted by Crippen LogP contribution is -2.37. The number of halogens is 3. The highest BCUT2D eigenvalue weighted by molar-refractivity contribution is 5.73.